The number of benzene rings is 2. The molecule has 0 bridgehead atoms. The zero-order valence-electron chi connectivity index (χ0n) is 15.7. The number of hydrogen-bond donors (Lipinski definition) is 2. The number of ether oxygens (including phenoxy) is 2. The quantitative estimate of drug-likeness (QED) is 0.793. The molecule has 1 heterocycles. The first-order chi connectivity index (χ1) is 12.5. The lowest BCUT2D eigenvalue weighted by molar-refractivity contribution is -0.121. The highest BCUT2D eigenvalue weighted by molar-refractivity contribution is 5.85. The van der Waals surface area contributed by atoms with Gasteiger partial charge in [0.2, 0.25) is 5.91 Å². The molecule has 6 heteroatoms. The summed E-state index contributed by atoms with van der Waals surface area (Å²) in [5.74, 6) is 1.49. The highest BCUT2D eigenvalue weighted by Gasteiger charge is 2.24. The molecule has 2 aromatic rings. The molecule has 1 amide bonds. The van der Waals surface area contributed by atoms with E-state index in [1.54, 1.807) is 0 Å². The van der Waals surface area contributed by atoms with Crippen LogP contribution in [-0.2, 0) is 10.2 Å². The average Bonchev–Trinajstić information content (AvgIpc) is 2.67. The monoisotopic (exact) mass is 390 g/mol. The molecule has 2 aromatic carbocycles. The number of hydrogen-bond acceptors (Lipinski definition) is 4. The smallest absolute Gasteiger partial charge is 0.221 e. The fourth-order valence-electron chi connectivity index (χ4n) is 2.98. The van der Waals surface area contributed by atoms with Gasteiger partial charge in [-0.1, -0.05) is 50.2 Å². The van der Waals surface area contributed by atoms with Crippen LogP contribution in [0.3, 0.4) is 0 Å². The van der Waals surface area contributed by atoms with E-state index in [-0.39, 0.29) is 36.2 Å². The van der Waals surface area contributed by atoms with Gasteiger partial charge in [-0.15, -0.1) is 12.4 Å². The number of carbonyl (C=O) groups is 1. The molecule has 1 atom stereocenters. The van der Waals surface area contributed by atoms with Crippen LogP contribution in [0.25, 0.3) is 0 Å². The van der Waals surface area contributed by atoms with Crippen LogP contribution in [0.1, 0.15) is 37.4 Å². The second-order valence-electron chi connectivity index (χ2n) is 7.24. The van der Waals surface area contributed by atoms with Crippen LogP contribution in [0.2, 0.25) is 0 Å². The van der Waals surface area contributed by atoms with Crippen molar-refractivity contribution in [1.29, 1.82) is 0 Å². The summed E-state index contributed by atoms with van der Waals surface area (Å²) in [6.07, 6.45) is 0.265. The minimum Gasteiger partial charge on any atom is -0.486 e. The minimum absolute atomic E-state index is 0. The first kappa shape index (κ1) is 21.1. The summed E-state index contributed by atoms with van der Waals surface area (Å²) in [5.41, 5.74) is 7.96. The lowest BCUT2D eigenvalue weighted by Gasteiger charge is -2.28. The van der Waals surface area contributed by atoms with Gasteiger partial charge in [0.15, 0.2) is 11.5 Å². The Bertz CT molecular complexity index is 765. The van der Waals surface area contributed by atoms with Gasteiger partial charge in [0.1, 0.15) is 13.2 Å². The number of fused-ring (bicyclic) bond motifs is 1. The molecule has 0 radical (unpaired) electrons. The SMILES string of the molecule is CC(C)(CNC(=O)CC(N)c1ccccc1)c1ccc2c(c1)OCCO2.Cl. The van der Waals surface area contributed by atoms with Gasteiger partial charge in [0, 0.05) is 24.4 Å². The van der Waals surface area contributed by atoms with Gasteiger partial charge in [-0.25, -0.2) is 0 Å². The highest BCUT2D eigenvalue weighted by atomic mass is 35.5. The van der Waals surface area contributed by atoms with Gasteiger partial charge in [0.05, 0.1) is 0 Å². The standard InChI is InChI=1S/C21H26N2O3.ClH/c1-21(2,16-8-9-18-19(12-16)26-11-10-25-18)14-23-20(24)13-17(22)15-6-4-3-5-7-15;/h3-9,12,17H,10-11,13-14,22H2,1-2H3,(H,23,24);1H. The van der Waals surface area contributed by atoms with Gasteiger partial charge in [-0.2, -0.15) is 0 Å². The summed E-state index contributed by atoms with van der Waals surface area (Å²) < 4.78 is 11.2. The van der Waals surface area contributed by atoms with E-state index in [9.17, 15) is 4.79 Å². The molecule has 1 aliphatic heterocycles. The van der Waals surface area contributed by atoms with Gasteiger partial charge in [-0.05, 0) is 23.3 Å². The Morgan fingerprint density at radius 1 is 1.11 bits per heavy atom. The number of rotatable bonds is 6. The molecular formula is C21H27ClN2O3. The first-order valence-corrected chi connectivity index (χ1v) is 8.93. The van der Waals surface area contributed by atoms with Crippen molar-refractivity contribution in [3.05, 3.63) is 59.7 Å². The van der Waals surface area contributed by atoms with E-state index in [0.717, 1.165) is 22.6 Å². The molecule has 0 aliphatic carbocycles. The average molecular weight is 391 g/mol. The molecule has 0 saturated carbocycles. The predicted molar refractivity (Wildman–Crippen MR) is 109 cm³/mol. The molecule has 3 N–H and O–H groups in total. The molecule has 0 aromatic heterocycles. The Hall–Kier alpha value is -2.24. The Kier molecular flexibility index (Phi) is 7.11. The summed E-state index contributed by atoms with van der Waals surface area (Å²) in [7, 11) is 0. The molecule has 1 unspecified atom stereocenters. The van der Waals surface area contributed by atoms with Crippen molar-refractivity contribution in [1.82, 2.24) is 5.32 Å². The maximum absolute atomic E-state index is 12.3. The predicted octanol–water partition coefficient (Wildman–Crippen LogP) is 3.36. The van der Waals surface area contributed by atoms with Crippen LogP contribution in [0.5, 0.6) is 11.5 Å². The van der Waals surface area contributed by atoms with E-state index in [0.29, 0.717) is 19.8 Å². The van der Waals surface area contributed by atoms with Crippen molar-refractivity contribution in [2.45, 2.75) is 31.7 Å². The maximum atomic E-state index is 12.3. The zero-order valence-corrected chi connectivity index (χ0v) is 16.6. The van der Waals surface area contributed by atoms with Gasteiger partial charge >= 0.3 is 0 Å². The zero-order chi connectivity index (χ0) is 18.6. The summed E-state index contributed by atoms with van der Waals surface area (Å²) in [4.78, 5) is 12.3. The summed E-state index contributed by atoms with van der Waals surface area (Å²) in [6, 6.07) is 15.3. The molecule has 1 aliphatic rings. The Labute approximate surface area is 166 Å². The van der Waals surface area contributed by atoms with Crippen molar-refractivity contribution in [3.8, 4) is 11.5 Å². The Balaban J connectivity index is 0.00000261. The van der Waals surface area contributed by atoms with Crippen LogP contribution in [0, 0.1) is 0 Å². The number of carbonyl (C=O) groups excluding carboxylic acids is 1. The molecule has 3 rings (SSSR count). The summed E-state index contributed by atoms with van der Waals surface area (Å²) in [6.45, 7) is 5.84. The fraction of sp³-hybridized carbons (Fsp3) is 0.381. The topological polar surface area (TPSA) is 73.6 Å². The molecule has 0 fully saturated rings. The number of amides is 1. The van der Waals surface area contributed by atoms with Crippen molar-refractivity contribution in [2.24, 2.45) is 5.73 Å². The van der Waals surface area contributed by atoms with Gasteiger partial charge in [0.25, 0.3) is 0 Å². The number of nitrogens with two attached hydrogens (primary N) is 1. The third kappa shape index (κ3) is 5.37. The molecule has 0 spiro atoms. The molecular weight excluding hydrogens is 364 g/mol. The lowest BCUT2D eigenvalue weighted by Crippen LogP contribution is -2.37. The first-order valence-electron chi connectivity index (χ1n) is 8.93. The highest BCUT2D eigenvalue weighted by Crippen LogP contribution is 2.34. The third-order valence-electron chi connectivity index (χ3n) is 4.68. The fourth-order valence-corrected chi connectivity index (χ4v) is 2.98. The third-order valence-corrected chi connectivity index (χ3v) is 4.68. The van der Waals surface area contributed by atoms with Gasteiger partial charge < -0.3 is 20.5 Å². The second kappa shape index (κ2) is 9.11. The summed E-state index contributed by atoms with van der Waals surface area (Å²) in [5, 5.41) is 3.01. The Morgan fingerprint density at radius 2 is 1.78 bits per heavy atom. The summed E-state index contributed by atoms with van der Waals surface area (Å²) >= 11 is 0. The molecule has 5 nitrogen and oxygen atoms in total. The van der Waals surface area contributed by atoms with Crippen molar-refractivity contribution in [3.63, 3.8) is 0 Å². The van der Waals surface area contributed by atoms with Crippen molar-refractivity contribution < 1.29 is 14.3 Å². The van der Waals surface area contributed by atoms with E-state index in [2.05, 4.69) is 19.2 Å². The van der Waals surface area contributed by atoms with Crippen LogP contribution in [0.4, 0.5) is 0 Å². The van der Waals surface area contributed by atoms with E-state index in [4.69, 9.17) is 15.2 Å². The van der Waals surface area contributed by atoms with Gasteiger partial charge in [-0.3, -0.25) is 4.79 Å². The van der Waals surface area contributed by atoms with Crippen LogP contribution < -0.4 is 20.5 Å². The molecule has 27 heavy (non-hydrogen) atoms. The van der Waals surface area contributed by atoms with Crippen LogP contribution in [0.15, 0.2) is 48.5 Å². The molecule has 146 valence electrons. The number of nitrogens with one attached hydrogen (secondary N) is 1. The normalized spacial score (nSPS) is 14.0. The molecule has 0 saturated heterocycles. The van der Waals surface area contributed by atoms with E-state index >= 15 is 0 Å². The van der Waals surface area contributed by atoms with Crippen LogP contribution >= 0.6 is 12.4 Å². The van der Waals surface area contributed by atoms with Crippen molar-refractivity contribution in [2.75, 3.05) is 19.8 Å². The van der Waals surface area contributed by atoms with E-state index in [1.165, 1.54) is 0 Å². The second-order valence-corrected chi connectivity index (χ2v) is 7.24. The largest absolute Gasteiger partial charge is 0.486 e. The minimum atomic E-state index is -0.298. The van der Waals surface area contributed by atoms with Crippen molar-refractivity contribution >= 4 is 18.3 Å². The van der Waals surface area contributed by atoms with E-state index < -0.39 is 0 Å². The number of halogens is 1. The lowest BCUT2D eigenvalue weighted by atomic mass is 9.84. The maximum Gasteiger partial charge on any atom is 0.221 e. The Morgan fingerprint density at radius 3 is 2.48 bits per heavy atom. The van der Waals surface area contributed by atoms with Crippen LogP contribution in [-0.4, -0.2) is 25.7 Å². The van der Waals surface area contributed by atoms with E-state index in [1.807, 2.05) is 48.5 Å².